The summed E-state index contributed by atoms with van der Waals surface area (Å²) in [4.78, 5) is 23.7. The Morgan fingerprint density at radius 3 is 2.62 bits per heavy atom. The van der Waals surface area contributed by atoms with Crippen molar-refractivity contribution in [2.45, 2.75) is 45.1 Å². The molecule has 0 unspecified atom stereocenters. The Morgan fingerprint density at radius 1 is 1.43 bits per heavy atom. The number of esters is 1. The zero-order chi connectivity index (χ0) is 15.5. The fourth-order valence-corrected chi connectivity index (χ4v) is 2.52. The van der Waals surface area contributed by atoms with Gasteiger partial charge in [0.2, 0.25) is 0 Å². The highest BCUT2D eigenvalue weighted by Gasteiger charge is 2.35. The van der Waals surface area contributed by atoms with Crippen molar-refractivity contribution in [3.63, 3.8) is 0 Å². The Labute approximate surface area is 122 Å². The van der Waals surface area contributed by atoms with E-state index in [1.54, 1.807) is 13.8 Å². The lowest BCUT2D eigenvalue weighted by Crippen LogP contribution is -2.46. The molecule has 1 aliphatic carbocycles. The van der Waals surface area contributed by atoms with Gasteiger partial charge in [0.25, 0.3) is 5.91 Å². The van der Waals surface area contributed by atoms with Crippen LogP contribution in [-0.2, 0) is 9.53 Å². The van der Waals surface area contributed by atoms with Crippen LogP contribution in [0.2, 0.25) is 0 Å². The van der Waals surface area contributed by atoms with Gasteiger partial charge in [-0.2, -0.15) is 5.26 Å². The highest BCUT2D eigenvalue weighted by atomic mass is 16.5. The first-order valence-corrected chi connectivity index (χ1v) is 6.80. The fraction of sp³-hybridized carbons (Fsp3) is 0.571. The van der Waals surface area contributed by atoms with E-state index in [1.165, 1.54) is 0 Å². The van der Waals surface area contributed by atoms with Gasteiger partial charge in [-0.15, -0.1) is 0 Å². The van der Waals surface area contributed by atoms with Gasteiger partial charge in [0.1, 0.15) is 16.9 Å². The van der Waals surface area contributed by atoms with Crippen molar-refractivity contribution < 1.29 is 18.8 Å². The average molecular weight is 291 g/mol. The van der Waals surface area contributed by atoms with Crippen molar-refractivity contribution in [1.29, 1.82) is 5.26 Å². The molecule has 1 aromatic heterocycles. The quantitative estimate of drug-likeness (QED) is 0.841. The van der Waals surface area contributed by atoms with E-state index in [4.69, 9.17) is 9.26 Å². The summed E-state index contributed by atoms with van der Waals surface area (Å²) in [6.45, 7) is 2.79. The van der Waals surface area contributed by atoms with Gasteiger partial charge in [-0.1, -0.05) is 5.16 Å². The maximum Gasteiger partial charge on any atom is 0.344 e. The van der Waals surface area contributed by atoms with Crippen molar-refractivity contribution in [2.75, 3.05) is 6.61 Å². The summed E-state index contributed by atoms with van der Waals surface area (Å²) >= 11 is 0. The van der Waals surface area contributed by atoms with Crippen LogP contribution in [0.25, 0.3) is 0 Å². The molecule has 0 aromatic carbocycles. The van der Waals surface area contributed by atoms with Crippen LogP contribution in [0.3, 0.4) is 0 Å². The summed E-state index contributed by atoms with van der Waals surface area (Å²) in [5.74, 6) is -0.778. The van der Waals surface area contributed by atoms with Crippen LogP contribution in [0.4, 0.5) is 0 Å². The molecule has 112 valence electrons. The summed E-state index contributed by atoms with van der Waals surface area (Å²) in [7, 11) is 0. The second kappa shape index (κ2) is 5.95. The van der Waals surface area contributed by atoms with Crippen LogP contribution in [-0.4, -0.2) is 29.2 Å². The molecule has 1 amide bonds. The normalized spacial score (nSPS) is 16.2. The van der Waals surface area contributed by atoms with E-state index in [2.05, 4.69) is 16.5 Å². The lowest BCUT2D eigenvalue weighted by Gasteiger charge is -2.21. The molecule has 1 aliphatic rings. The summed E-state index contributed by atoms with van der Waals surface area (Å²) < 4.78 is 9.82. The Balaban J connectivity index is 1.90. The molecule has 0 bridgehead atoms. The second-order valence-electron chi connectivity index (χ2n) is 5.22. The predicted molar refractivity (Wildman–Crippen MR) is 71.2 cm³/mol. The van der Waals surface area contributed by atoms with Crippen LogP contribution >= 0.6 is 0 Å². The van der Waals surface area contributed by atoms with E-state index in [0.717, 1.165) is 12.8 Å². The second-order valence-corrected chi connectivity index (χ2v) is 5.22. The topological polar surface area (TPSA) is 105 Å². The molecule has 1 heterocycles. The molecular formula is C14H17N3O4. The van der Waals surface area contributed by atoms with E-state index in [0.29, 0.717) is 24.3 Å². The summed E-state index contributed by atoms with van der Waals surface area (Å²) in [5.41, 5.74) is -0.159. The van der Waals surface area contributed by atoms with Gasteiger partial charge >= 0.3 is 5.97 Å². The maximum atomic E-state index is 11.9. The van der Waals surface area contributed by atoms with Gasteiger partial charge in [-0.25, -0.2) is 4.79 Å². The molecular weight excluding hydrogens is 274 g/mol. The van der Waals surface area contributed by atoms with Crippen molar-refractivity contribution in [3.8, 4) is 6.07 Å². The molecule has 0 spiro atoms. The maximum absolute atomic E-state index is 11.9. The highest BCUT2D eigenvalue weighted by molar-refractivity contribution is 5.93. The van der Waals surface area contributed by atoms with Crippen LogP contribution < -0.4 is 5.32 Å². The minimum Gasteiger partial charge on any atom is -0.452 e. The standard InChI is InChI=1S/C14H17N3O4/c1-9-12(10(2)21-17-9)13(19)20-7-11(18)16-14(8-15)5-3-4-6-14/h3-7H2,1-2H3,(H,16,18). The van der Waals surface area contributed by atoms with Gasteiger partial charge < -0.3 is 14.6 Å². The molecule has 0 saturated heterocycles. The zero-order valence-corrected chi connectivity index (χ0v) is 12.1. The van der Waals surface area contributed by atoms with E-state index in [-0.39, 0.29) is 5.56 Å². The molecule has 1 aromatic rings. The number of hydrogen-bond donors (Lipinski definition) is 1. The smallest absolute Gasteiger partial charge is 0.344 e. The summed E-state index contributed by atoms with van der Waals surface area (Å²) in [5, 5.41) is 15.5. The minimum atomic E-state index is -0.813. The summed E-state index contributed by atoms with van der Waals surface area (Å²) in [6.07, 6.45) is 3.08. The number of amides is 1. The molecule has 0 aliphatic heterocycles. The van der Waals surface area contributed by atoms with Crippen LogP contribution in [0.5, 0.6) is 0 Å². The van der Waals surface area contributed by atoms with Gasteiger partial charge in [0.05, 0.1) is 11.8 Å². The fourth-order valence-electron chi connectivity index (χ4n) is 2.52. The van der Waals surface area contributed by atoms with Crippen molar-refractivity contribution in [3.05, 3.63) is 17.0 Å². The first-order chi connectivity index (χ1) is 9.97. The molecule has 1 fully saturated rings. The molecule has 0 radical (unpaired) electrons. The van der Waals surface area contributed by atoms with E-state index < -0.39 is 24.0 Å². The Kier molecular flexibility index (Phi) is 4.26. The number of nitriles is 1. The molecule has 7 heteroatoms. The van der Waals surface area contributed by atoms with Crippen molar-refractivity contribution in [2.24, 2.45) is 0 Å². The molecule has 0 atom stereocenters. The van der Waals surface area contributed by atoms with Crippen LogP contribution in [0.1, 0.15) is 47.5 Å². The Hall–Kier alpha value is -2.36. The minimum absolute atomic E-state index is 0.235. The van der Waals surface area contributed by atoms with Crippen molar-refractivity contribution in [1.82, 2.24) is 10.5 Å². The molecule has 7 nitrogen and oxygen atoms in total. The monoisotopic (exact) mass is 291 g/mol. The van der Waals surface area contributed by atoms with E-state index in [9.17, 15) is 14.9 Å². The third-order valence-electron chi connectivity index (χ3n) is 3.62. The van der Waals surface area contributed by atoms with Gasteiger partial charge in [0.15, 0.2) is 6.61 Å². The van der Waals surface area contributed by atoms with Crippen LogP contribution in [0, 0.1) is 25.2 Å². The Bertz CT molecular complexity index is 574. The number of nitrogens with one attached hydrogen (secondary N) is 1. The zero-order valence-electron chi connectivity index (χ0n) is 12.1. The number of nitrogens with zero attached hydrogens (tertiary/aromatic N) is 2. The number of carbonyl (C=O) groups excluding carboxylic acids is 2. The first kappa shape index (κ1) is 15.0. The lowest BCUT2D eigenvalue weighted by atomic mass is 10.00. The van der Waals surface area contributed by atoms with Gasteiger partial charge in [0, 0.05) is 0 Å². The predicted octanol–water partition coefficient (Wildman–Crippen LogP) is 1.40. The molecule has 21 heavy (non-hydrogen) atoms. The van der Waals surface area contributed by atoms with E-state index >= 15 is 0 Å². The average Bonchev–Trinajstić information content (AvgIpc) is 3.04. The SMILES string of the molecule is Cc1noc(C)c1C(=O)OCC(=O)NC1(C#N)CCCC1. The number of rotatable bonds is 4. The van der Waals surface area contributed by atoms with E-state index in [1.807, 2.05) is 0 Å². The third kappa shape index (κ3) is 3.21. The number of carbonyl (C=O) groups is 2. The number of hydrogen-bond acceptors (Lipinski definition) is 6. The Morgan fingerprint density at radius 2 is 2.10 bits per heavy atom. The number of ether oxygens (including phenoxy) is 1. The van der Waals surface area contributed by atoms with Crippen molar-refractivity contribution >= 4 is 11.9 Å². The summed E-state index contributed by atoms with van der Waals surface area (Å²) in [6, 6.07) is 2.14. The first-order valence-electron chi connectivity index (χ1n) is 6.80. The largest absolute Gasteiger partial charge is 0.452 e. The molecule has 1 saturated carbocycles. The number of aryl methyl sites for hydroxylation is 2. The third-order valence-corrected chi connectivity index (χ3v) is 3.62. The van der Waals surface area contributed by atoms with Crippen LogP contribution in [0.15, 0.2) is 4.52 Å². The lowest BCUT2D eigenvalue weighted by molar-refractivity contribution is -0.125. The highest BCUT2D eigenvalue weighted by Crippen LogP contribution is 2.28. The molecule has 2 rings (SSSR count). The van der Waals surface area contributed by atoms with Gasteiger partial charge in [-0.3, -0.25) is 4.79 Å². The van der Waals surface area contributed by atoms with Gasteiger partial charge in [-0.05, 0) is 39.5 Å². The number of aromatic nitrogens is 1. The molecule has 1 N–H and O–H groups in total.